The number of phenols is 1. The Labute approximate surface area is 322 Å². The second-order valence-corrected chi connectivity index (χ2v) is 15.2. The molecule has 0 radical (unpaired) electrons. The summed E-state index contributed by atoms with van der Waals surface area (Å²) in [6, 6.07) is 27.6. The van der Waals surface area contributed by atoms with E-state index in [1.54, 1.807) is 30.2 Å². The number of aromatic hydroxyl groups is 1. The van der Waals surface area contributed by atoms with Gasteiger partial charge in [0.15, 0.2) is 0 Å². The number of rotatable bonds is 8. The van der Waals surface area contributed by atoms with Gasteiger partial charge in [0.25, 0.3) is 5.91 Å². The van der Waals surface area contributed by atoms with Gasteiger partial charge in [-0.25, -0.2) is 0 Å². The van der Waals surface area contributed by atoms with Crippen molar-refractivity contribution >= 4 is 23.4 Å². The molecule has 0 bridgehead atoms. The van der Waals surface area contributed by atoms with Gasteiger partial charge >= 0.3 is 0 Å². The molecule has 4 aliphatic heterocycles. The van der Waals surface area contributed by atoms with E-state index < -0.39 is 11.9 Å². The molecule has 8 rings (SSSR count). The maximum Gasteiger partial charge on any atom is 0.255 e. The number of benzene rings is 4. The van der Waals surface area contributed by atoms with Crippen molar-refractivity contribution in [1.29, 1.82) is 0 Å². The van der Waals surface area contributed by atoms with E-state index in [-0.39, 0.29) is 35.8 Å². The van der Waals surface area contributed by atoms with Crippen LogP contribution in [0.5, 0.6) is 17.2 Å². The fourth-order valence-corrected chi connectivity index (χ4v) is 8.67. The van der Waals surface area contributed by atoms with Gasteiger partial charge in [0.05, 0.1) is 20.3 Å². The fourth-order valence-electron chi connectivity index (χ4n) is 8.67. The highest BCUT2D eigenvalue weighted by Gasteiger charge is 2.39. The zero-order chi connectivity index (χ0) is 38.1. The molecule has 2 fully saturated rings. The summed E-state index contributed by atoms with van der Waals surface area (Å²) in [4.78, 5) is 43.3. The standard InChI is InChI=1S/C45H46N4O6/c1-47(20-4-5-29-8-14-37-33(23-29)27-49(45(37)53)40-16-17-42(51)46-44(40)52)26-30-18-21-48(22-19-30)34-11-9-31(10-12-34)43-38-15-13-35(50)25-41(38)55-28-39(43)32-6-3-7-36(24-32)54-2/h3,6-15,23-25,30,39-40,43,50H,16-22,26-28H2,1-2H3,(H,46,51,52)/t39-,40?,43-/m0/s1. The fraction of sp³-hybridized carbons (Fsp3) is 0.356. The van der Waals surface area contributed by atoms with Crippen LogP contribution in [0.2, 0.25) is 0 Å². The molecule has 0 saturated carbocycles. The summed E-state index contributed by atoms with van der Waals surface area (Å²) in [5.41, 5.74) is 6.98. The molecule has 0 spiro atoms. The number of nitrogens with zero attached hydrogens (tertiary/aromatic N) is 3. The minimum atomic E-state index is -0.620. The molecule has 0 aromatic heterocycles. The molecular formula is C45H46N4O6. The molecule has 10 nitrogen and oxygen atoms in total. The maximum atomic E-state index is 13.0. The number of carbonyl (C=O) groups excluding carboxylic acids is 3. The van der Waals surface area contributed by atoms with Crippen LogP contribution in [0, 0.1) is 17.8 Å². The van der Waals surface area contributed by atoms with Gasteiger partial charge in [-0.2, -0.15) is 0 Å². The highest BCUT2D eigenvalue weighted by molar-refractivity contribution is 6.05. The zero-order valence-electron chi connectivity index (χ0n) is 31.3. The highest BCUT2D eigenvalue weighted by atomic mass is 16.5. The van der Waals surface area contributed by atoms with Crippen LogP contribution in [0.3, 0.4) is 0 Å². The molecule has 2 N–H and O–H groups in total. The number of piperidine rings is 2. The number of hydrogen-bond acceptors (Lipinski definition) is 8. The van der Waals surface area contributed by atoms with Crippen LogP contribution in [0.1, 0.15) is 75.7 Å². The number of hydrogen-bond donors (Lipinski definition) is 2. The number of ether oxygens (including phenoxy) is 2. The monoisotopic (exact) mass is 738 g/mol. The molecule has 10 heteroatoms. The second-order valence-electron chi connectivity index (χ2n) is 15.2. The summed E-state index contributed by atoms with van der Waals surface area (Å²) >= 11 is 0. The third kappa shape index (κ3) is 7.62. The minimum absolute atomic E-state index is 0.0668. The highest BCUT2D eigenvalue weighted by Crippen LogP contribution is 2.47. The van der Waals surface area contributed by atoms with Crippen LogP contribution >= 0.6 is 0 Å². The summed E-state index contributed by atoms with van der Waals surface area (Å²) in [6.07, 6.45) is 2.80. The van der Waals surface area contributed by atoms with Crippen molar-refractivity contribution < 1.29 is 29.0 Å². The van der Waals surface area contributed by atoms with Crippen LogP contribution in [0.15, 0.2) is 84.9 Å². The van der Waals surface area contributed by atoms with Gasteiger partial charge in [0.1, 0.15) is 23.3 Å². The summed E-state index contributed by atoms with van der Waals surface area (Å²) in [6.45, 7) is 4.47. The molecule has 55 heavy (non-hydrogen) atoms. The molecule has 3 amide bonds. The van der Waals surface area contributed by atoms with Crippen LogP contribution in [-0.4, -0.2) is 85.6 Å². The number of methoxy groups -OCH3 is 1. The van der Waals surface area contributed by atoms with Crippen LogP contribution < -0.4 is 19.7 Å². The van der Waals surface area contributed by atoms with Gasteiger partial charge in [-0.1, -0.05) is 42.2 Å². The molecule has 4 aromatic rings. The number of nitrogens with one attached hydrogen (secondary N) is 1. The van der Waals surface area contributed by atoms with Gasteiger partial charge in [-0.05, 0) is 97.4 Å². The van der Waals surface area contributed by atoms with E-state index in [9.17, 15) is 19.5 Å². The molecule has 2 saturated heterocycles. The van der Waals surface area contributed by atoms with Crippen molar-refractivity contribution in [3.05, 3.63) is 118 Å². The zero-order valence-corrected chi connectivity index (χ0v) is 31.3. The number of carbonyl (C=O) groups is 3. The lowest BCUT2D eigenvalue weighted by atomic mass is 9.76. The van der Waals surface area contributed by atoms with Crippen LogP contribution in [0.4, 0.5) is 5.69 Å². The summed E-state index contributed by atoms with van der Waals surface area (Å²) < 4.78 is 11.7. The van der Waals surface area contributed by atoms with Gasteiger partial charge in [0.2, 0.25) is 11.8 Å². The minimum Gasteiger partial charge on any atom is -0.508 e. The van der Waals surface area contributed by atoms with E-state index in [0.717, 1.165) is 66.2 Å². The largest absolute Gasteiger partial charge is 0.508 e. The van der Waals surface area contributed by atoms with Gasteiger partial charge in [-0.3, -0.25) is 24.6 Å². The second kappa shape index (κ2) is 15.5. The van der Waals surface area contributed by atoms with Gasteiger partial charge < -0.3 is 24.4 Å². The van der Waals surface area contributed by atoms with E-state index in [0.29, 0.717) is 37.6 Å². The van der Waals surface area contributed by atoms with E-state index in [1.807, 2.05) is 30.3 Å². The van der Waals surface area contributed by atoms with Gasteiger partial charge in [0, 0.05) is 72.9 Å². The Morgan fingerprint density at radius 3 is 2.55 bits per heavy atom. The van der Waals surface area contributed by atoms with Crippen LogP contribution in [-0.2, 0) is 16.1 Å². The van der Waals surface area contributed by atoms with Crippen LogP contribution in [0.25, 0.3) is 0 Å². The molecule has 4 aliphatic rings. The lowest BCUT2D eigenvalue weighted by Crippen LogP contribution is -2.52. The van der Waals surface area contributed by atoms with Crippen molar-refractivity contribution in [2.24, 2.45) is 5.92 Å². The Kier molecular flexibility index (Phi) is 10.2. The number of fused-ring (bicyclic) bond motifs is 2. The summed E-state index contributed by atoms with van der Waals surface area (Å²) in [5.74, 6) is 8.22. The number of phenolic OH excluding ortho intramolecular Hbond substituents is 1. The number of amides is 3. The molecule has 0 aliphatic carbocycles. The van der Waals surface area contributed by atoms with E-state index >= 15 is 0 Å². The van der Waals surface area contributed by atoms with E-state index in [4.69, 9.17) is 9.47 Å². The Morgan fingerprint density at radius 2 is 1.76 bits per heavy atom. The molecule has 3 atom stereocenters. The van der Waals surface area contributed by atoms with Crippen molar-refractivity contribution in [2.45, 2.75) is 50.1 Å². The maximum absolute atomic E-state index is 13.0. The molecule has 1 unspecified atom stereocenters. The molecule has 282 valence electrons. The lowest BCUT2D eigenvalue weighted by molar-refractivity contribution is -0.136. The number of anilines is 1. The van der Waals surface area contributed by atoms with E-state index in [2.05, 4.69) is 70.4 Å². The SMILES string of the molecule is COc1cccc([C@@H]2COc3cc(O)ccc3[C@@H]2c2ccc(N3CCC(CN(C)CC#Cc4ccc5c(c4)CN(C4CCC(=O)NC4=O)C5=O)CC3)cc2)c1. The summed E-state index contributed by atoms with van der Waals surface area (Å²) in [5, 5.41) is 12.5. The molecular weight excluding hydrogens is 693 g/mol. The lowest BCUT2D eigenvalue weighted by Gasteiger charge is -2.36. The number of imide groups is 1. The average Bonchev–Trinajstić information content (AvgIpc) is 3.52. The van der Waals surface area contributed by atoms with Crippen molar-refractivity contribution in [3.63, 3.8) is 0 Å². The first-order valence-electron chi connectivity index (χ1n) is 19.1. The van der Waals surface area contributed by atoms with Crippen molar-refractivity contribution in [2.75, 3.05) is 51.8 Å². The Bertz CT molecular complexity index is 2170. The third-order valence-corrected chi connectivity index (χ3v) is 11.6. The van der Waals surface area contributed by atoms with Crippen molar-refractivity contribution in [1.82, 2.24) is 15.1 Å². The smallest absolute Gasteiger partial charge is 0.255 e. The topological polar surface area (TPSA) is 112 Å². The van der Waals surface area contributed by atoms with E-state index in [1.165, 1.54) is 11.3 Å². The quantitative estimate of drug-likeness (QED) is 0.176. The Morgan fingerprint density at radius 1 is 0.945 bits per heavy atom. The first-order chi connectivity index (χ1) is 26.7. The normalized spacial score (nSPS) is 21.0. The van der Waals surface area contributed by atoms with Crippen molar-refractivity contribution in [3.8, 4) is 29.1 Å². The van der Waals surface area contributed by atoms with Gasteiger partial charge in [-0.15, -0.1) is 0 Å². The Balaban J connectivity index is 0.856. The first kappa shape index (κ1) is 36.2. The molecule has 4 aromatic carbocycles. The predicted octanol–water partition coefficient (Wildman–Crippen LogP) is 5.67. The third-order valence-electron chi connectivity index (χ3n) is 11.6. The summed E-state index contributed by atoms with van der Waals surface area (Å²) in [7, 11) is 3.81. The molecule has 4 heterocycles. The average molecular weight is 739 g/mol. The Hall–Kier alpha value is -5.79. The predicted molar refractivity (Wildman–Crippen MR) is 209 cm³/mol. The first-order valence-corrected chi connectivity index (χ1v) is 19.1.